The molecule has 1 heterocycles. The van der Waals surface area contributed by atoms with E-state index in [1.807, 2.05) is 6.08 Å². The second kappa shape index (κ2) is 8.84. The zero-order chi connectivity index (χ0) is 13.2. The largest absolute Gasteiger partial charge is 0.466 e. The summed E-state index contributed by atoms with van der Waals surface area (Å²) in [5.74, 6) is 0.209. The van der Waals surface area contributed by atoms with Crippen LogP contribution in [-0.2, 0) is 19.0 Å². The molecule has 0 aromatic rings. The summed E-state index contributed by atoms with van der Waals surface area (Å²) >= 11 is 0. The Bertz CT molecular complexity index is 273. The molecule has 0 spiro atoms. The van der Waals surface area contributed by atoms with Gasteiger partial charge in [0.25, 0.3) is 5.95 Å². The lowest BCUT2D eigenvalue weighted by atomic mass is 10.1. The van der Waals surface area contributed by atoms with E-state index in [4.69, 9.17) is 14.2 Å². The van der Waals surface area contributed by atoms with Gasteiger partial charge in [-0.25, -0.2) is 4.79 Å². The SMILES string of the molecule is CCCCOC(=O)C1CCC=C(OCCCC)O1. The van der Waals surface area contributed by atoms with Gasteiger partial charge < -0.3 is 14.2 Å². The number of unbranched alkanes of at least 4 members (excludes halogenated alkanes) is 2. The highest BCUT2D eigenvalue weighted by Gasteiger charge is 2.26. The number of carbonyl (C=O) groups is 1. The van der Waals surface area contributed by atoms with Gasteiger partial charge in [0.2, 0.25) is 0 Å². The maximum absolute atomic E-state index is 11.7. The van der Waals surface area contributed by atoms with Gasteiger partial charge in [-0.1, -0.05) is 26.7 Å². The predicted octanol–water partition coefficient (Wildman–Crippen LogP) is 3.17. The molecule has 0 bridgehead atoms. The minimum atomic E-state index is -0.497. The molecule has 0 N–H and O–H groups in total. The molecule has 0 saturated carbocycles. The zero-order valence-corrected chi connectivity index (χ0v) is 11.4. The number of hydrogen-bond acceptors (Lipinski definition) is 4. The van der Waals surface area contributed by atoms with Crippen LogP contribution in [0.4, 0.5) is 0 Å². The number of hydrogen-bond donors (Lipinski definition) is 0. The fraction of sp³-hybridized carbons (Fsp3) is 0.786. The van der Waals surface area contributed by atoms with Crippen LogP contribution in [0.5, 0.6) is 0 Å². The molecule has 0 amide bonds. The van der Waals surface area contributed by atoms with Crippen molar-refractivity contribution in [3.05, 3.63) is 12.0 Å². The maximum Gasteiger partial charge on any atom is 0.347 e. The zero-order valence-electron chi connectivity index (χ0n) is 11.4. The summed E-state index contributed by atoms with van der Waals surface area (Å²) in [6.07, 6.45) is 6.86. The summed E-state index contributed by atoms with van der Waals surface area (Å²) < 4.78 is 16.1. The second-order valence-corrected chi connectivity index (χ2v) is 4.43. The fourth-order valence-electron chi connectivity index (χ4n) is 1.59. The topological polar surface area (TPSA) is 44.8 Å². The molecule has 0 radical (unpaired) electrons. The second-order valence-electron chi connectivity index (χ2n) is 4.43. The molecule has 1 atom stereocenters. The Morgan fingerprint density at radius 2 is 2.06 bits per heavy atom. The standard InChI is InChI=1S/C14H24O4/c1-3-5-10-16-13-9-7-8-12(18-13)14(15)17-11-6-4-2/h9,12H,3-8,10-11H2,1-2H3. The lowest BCUT2D eigenvalue weighted by Gasteiger charge is -2.23. The van der Waals surface area contributed by atoms with Crippen molar-refractivity contribution in [2.75, 3.05) is 13.2 Å². The van der Waals surface area contributed by atoms with Crippen LogP contribution in [0.25, 0.3) is 0 Å². The van der Waals surface area contributed by atoms with Crippen LogP contribution in [0.3, 0.4) is 0 Å². The summed E-state index contributed by atoms with van der Waals surface area (Å²) in [6, 6.07) is 0. The van der Waals surface area contributed by atoms with Gasteiger partial charge in [0, 0.05) is 0 Å². The molecule has 0 fully saturated rings. The van der Waals surface area contributed by atoms with Crippen LogP contribution < -0.4 is 0 Å². The van der Waals surface area contributed by atoms with Crippen LogP contribution in [-0.4, -0.2) is 25.3 Å². The first-order valence-electron chi connectivity index (χ1n) is 6.94. The minimum Gasteiger partial charge on any atom is -0.466 e. The van der Waals surface area contributed by atoms with Crippen molar-refractivity contribution in [2.45, 2.75) is 58.5 Å². The first kappa shape index (κ1) is 14.9. The van der Waals surface area contributed by atoms with Crippen LogP contribution in [0.15, 0.2) is 12.0 Å². The van der Waals surface area contributed by atoms with Crippen molar-refractivity contribution < 1.29 is 19.0 Å². The van der Waals surface area contributed by atoms with Gasteiger partial charge in [-0.2, -0.15) is 0 Å². The van der Waals surface area contributed by atoms with Crippen molar-refractivity contribution in [1.29, 1.82) is 0 Å². The lowest BCUT2D eigenvalue weighted by Crippen LogP contribution is -2.29. The average Bonchev–Trinajstić information content (AvgIpc) is 2.39. The molecule has 104 valence electrons. The van der Waals surface area contributed by atoms with E-state index in [1.165, 1.54) is 0 Å². The van der Waals surface area contributed by atoms with Gasteiger partial charge in [-0.05, 0) is 31.8 Å². The number of ether oxygens (including phenoxy) is 3. The van der Waals surface area contributed by atoms with Crippen molar-refractivity contribution in [3.8, 4) is 0 Å². The quantitative estimate of drug-likeness (QED) is 0.494. The molecule has 1 aliphatic rings. The van der Waals surface area contributed by atoms with E-state index in [1.54, 1.807) is 0 Å². The van der Waals surface area contributed by atoms with E-state index in [0.29, 0.717) is 25.6 Å². The molecule has 0 aromatic heterocycles. The molecular weight excluding hydrogens is 232 g/mol. The van der Waals surface area contributed by atoms with E-state index in [-0.39, 0.29) is 5.97 Å². The van der Waals surface area contributed by atoms with Crippen LogP contribution in [0.1, 0.15) is 52.4 Å². The van der Waals surface area contributed by atoms with Crippen molar-refractivity contribution in [2.24, 2.45) is 0 Å². The highest BCUT2D eigenvalue weighted by atomic mass is 16.7. The van der Waals surface area contributed by atoms with E-state index in [0.717, 1.165) is 32.1 Å². The van der Waals surface area contributed by atoms with E-state index in [9.17, 15) is 4.79 Å². The van der Waals surface area contributed by atoms with Crippen molar-refractivity contribution >= 4 is 5.97 Å². The van der Waals surface area contributed by atoms with Crippen LogP contribution in [0, 0.1) is 0 Å². The van der Waals surface area contributed by atoms with Gasteiger partial charge >= 0.3 is 5.97 Å². The van der Waals surface area contributed by atoms with Gasteiger partial charge in [0.1, 0.15) is 0 Å². The predicted molar refractivity (Wildman–Crippen MR) is 68.9 cm³/mol. The Kier molecular flexibility index (Phi) is 7.30. The minimum absolute atomic E-state index is 0.270. The monoisotopic (exact) mass is 256 g/mol. The first-order chi connectivity index (χ1) is 8.77. The molecule has 1 unspecified atom stereocenters. The summed E-state index contributed by atoms with van der Waals surface area (Å²) in [7, 11) is 0. The van der Waals surface area contributed by atoms with Gasteiger partial charge in [0.05, 0.1) is 13.2 Å². The molecule has 0 aromatic carbocycles. The summed E-state index contributed by atoms with van der Waals surface area (Å²) in [6.45, 7) is 5.28. The van der Waals surface area contributed by atoms with Gasteiger partial charge in [0.15, 0.2) is 6.10 Å². The summed E-state index contributed by atoms with van der Waals surface area (Å²) in [5, 5.41) is 0. The molecule has 0 aliphatic carbocycles. The first-order valence-corrected chi connectivity index (χ1v) is 6.94. The molecular formula is C14H24O4. The summed E-state index contributed by atoms with van der Waals surface area (Å²) in [5.41, 5.74) is 0. The molecule has 1 rings (SSSR count). The van der Waals surface area contributed by atoms with E-state index in [2.05, 4.69) is 13.8 Å². The molecule has 18 heavy (non-hydrogen) atoms. The highest BCUT2D eigenvalue weighted by Crippen LogP contribution is 2.19. The average molecular weight is 256 g/mol. The Morgan fingerprint density at radius 1 is 1.33 bits per heavy atom. The Hall–Kier alpha value is -1.19. The Balaban J connectivity index is 2.27. The number of rotatable bonds is 8. The van der Waals surface area contributed by atoms with Crippen molar-refractivity contribution in [1.82, 2.24) is 0 Å². The molecule has 4 nitrogen and oxygen atoms in total. The van der Waals surface area contributed by atoms with Gasteiger partial charge in [-0.3, -0.25) is 0 Å². The molecule has 4 heteroatoms. The van der Waals surface area contributed by atoms with Crippen molar-refractivity contribution in [3.63, 3.8) is 0 Å². The Labute approximate surface area is 109 Å². The number of carbonyl (C=O) groups excluding carboxylic acids is 1. The van der Waals surface area contributed by atoms with Crippen LogP contribution in [0.2, 0.25) is 0 Å². The normalized spacial score (nSPS) is 18.8. The van der Waals surface area contributed by atoms with E-state index >= 15 is 0 Å². The highest BCUT2D eigenvalue weighted by molar-refractivity contribution is 5.74. The third-order valence-electron chi connectivity index (χ3n) is 2.75. The third kappa shape index (κ3) is 5.43. The van der Waals surface area contributed by atoms with Gasteiger partial charge in [-0.15, -0.1) is 0 Å². The molecule has 0 saturated heterocycles. The smallest absolute Gasteiger partial charge is 0.347 e. The maximum atomic E-state index is 11.7. The number of esters is 1. The summed E-state index contributed by atoms with van der Waals surface area (Å²) in [4.78, 5) is 11.7. The number of allylic oxidation sites excluding steroid dienone is 1. The molecule has 1 aliphatic heterocycles. The Morgan fingerprint density at radius 3 is 2.78 bits per heavy atom. The fourth-order valence-corrected chi connectivity index (χ4v) is 1.59. The van der Waals surface area contributed by atoms with Crippen LogP contribution >= 0.6 is 0 Å². The van der Waals surface area contributed by atoms with E-state index < -0.39 is 6.10 Å². The third-order valence-corrected chi connectivity index (χ3v) is 2.75. The lowest BCUT2D eigenvalue weighted by molar-refractivity contribution is -0.160.